The molecule has 0 aliphatic rings. The minimum Gasteiger partial charge on any atom is -0.463 e. The van der Waals surface area contributed by atoms with E-state index in [1.54, 1.807) is 18.2 Å². The summed E-state index contributed by atoms with van der Waals surface area (Å²) in [6.45, 7) is -0.122. The van der Waals surface area contributed by atoms with Gasteiger partial charge in [0, 0.05) is 10.6 Å². The third kappa shape index (κ3) is 2.60. The van der Waals surface area contributed by atoms with Crippen LogP contribution in [0.15, 0.2) is 51.9 Å². The quantitative estimate of drug-likeness (QED) is 0.805. The smallest absolute Gasteiger partial charge is 0.290 e. The van der Waals surface area contributed by atoms with Gasteiger partial charge in [0.05, 0.1) is 12.8 Å². The lowest BCUT2D eigenvalue weighted by Gasteiger charge is -2.10. The van der Waals surface area contributed by atoms with Crippen LogP contribution in [0.4, 0.5) is 10.1 Å². The molecule has 0 spiro atoms. The minimum atomic E-state index is -0.519. The maximum atomic E-state index is 13.9. The Bertz CT molecular complexity index is 855. The van der Waals surface area contributed by atoms with Crippen molar-refractivity contribution in [1.82, 2.24) is 9.78 Å². The first-order valence-electron chi connectivity index (χ1n) is 6.40. The van der Waals surface area contributed by atoms with Crippen molar-refractivity contribution in [1.29, 1.82) is 0 Å². The van der Waals surface area contributed by atoms with Crippen LogP contribution >= 0.6 is 11.6 Å². The van der Waals surface area contributed by atoms with E-state index in [1.807, 2.05) is 0 Å². The van der Waals surface area contributed by atoms with Crippen LogP contribution in [0.25, 0.3) is 11.5 Å². The Morgan fingerprint density at radius 2 is 2.14 bits per heavy atom. The Hall–Kier alpha value is -2.60. The molecule has 2 N–H and O–H groups in total. The molecule has 0 amide bonds. The fraction of sp³-hybridized carbons (Fsp3) is 0.0667. The number of benzene rings is 1. The van der Waals surface area contributed by atoms with E-state index in [-0.39, 0.29) is 22.8 Å². The SMILES string of the molecule is Nc1cc(-c2ccco2)nn(Cc2c(F)cccc2Cl)c1=O. The lowest BCUT2D eigenvalue weighted by atomic mass is 10.2. The van der Waals surface area contributed by atoms with E-state index >= 15 is 0 Å². The predicted octanol–water partition coefficient (Wildman–Crippen LogP) is 2.93. The van der Waals surface area contributed by atoms with Crippen LogP contribution in [0, 0.1) is 5.82 Å². The van der Waals surface area contributed by atoms with Gasteiger partial charge in [-0.2, -0.15) is 5.10 Å². The standard InChI is InChI=1S/C15H11ClFN3O2/c16-10-3-1-4-11(17)9(10)8-20-15(21)12(18)7-13(19-20)14-5-2-6-22-14/h1-7H,8,18H2. The average Bonchev–Trinajstić information content (AvgIpc) is 3.01. The normalized spacial score (nSPS) is 10.8. The van der Waals surface area contributed by atoms with Gasteiger partial charge in [-0.1, -0.05) is 17.7 Å². The van der Waals surface area contributed by atoms with Gasteiger partial charge in [-0.3, -0.25) is 4.79 Å². The van der Waals surface area contributed by atoms with Crippen LogP contribution in [0.5, 0.6) is 0 Å². The summed E-state index contributed by atoms with van der Waals surface area (Å²) in [7, 11) is 0. The van der Waals surface area contributed by atoms with Crippen molar-refractivity contribution >= 4 is 17.3 Å². The molecule has 0 atom stereocenters. The zero-order valence-corrected chi connectivity index (χ0v) is 12.0. The number of nitrogens with two attached hydrogens (primary N) is 1. The summed E-state index contributed by atoms with van der Waals surface area (Å²) in [6.07, 6.45) is 1.48. The van der Waals surface area contributed by atoms with E-state index in [2.05, 4.69) is 5.10 Å². The molecule has 0 radical (unpaired) electrons. The number of hydrogen-bond acceptors (Lipinski definition) is 4. The second-order valence-electron chi connectivity index (χ2n) is 4.63. The number of furan rings is 1. The summed E-state index contributed by atoms with van der Waals surface area (Å²) in [5.74, 6) is -0.0525. The van der Waals surface area contributed by atoms with E-state index in [0.717, 1.165) is 4.68 Å². The summed E-state index contributed by atoms with van der Waals surface area (Å²) in [5.41, 5.74) is 5.75. The highest BCUT2D eigenvalue weighted by Crippen LogP contribution is 2.21. The van der Waals surface area contributed by atoms with E-state index in [0.29, 0.717) is 11.5 Å². The van der Waals surface area contributed by atoms with Crippen LogP contribution < -0.4 is 11.3 Å². The Balaban J connectivity index is 2.09. The topological polar surface area (TPSA) is 74.0 Å². The molecule has 0 bridgehead atoms. The van der Waals surface area contributed by atoms with Crippen LogP contribution in [0.1, 0.15) is 5.56 Å². The number of hydrogen-bond donors (Lipinski definition) is 1. The molecule has 0 saturated heterocycles. The van der Waals surface area contributed by atoms with Crippen molar-refractivity contribution in [2.24, 2.45) is 0 Å². The minimum absolute atomic E-state index is 0.00568. The summed E-state index contributed by atoms with van der Waals surface area (Å²) in [6, 6.07) is 9.10. The molecule has 5 nitrogen and oxygen atoms in total. The highest BCUT2D eigenvalue weighted by molar-refractivity contribution is 6.31. The lowest BCUT2D eigenvalue weighted by Crippen LogP contribution is -2.26. The van der Waals surface area contributed by atoms with Gasteiger partial charge >= 0.3 is 0 Å². The van der Waals surface area contributed by atoms with Gasteiger partial charge in [-0.15, -0.1) is 0 Å². The van der Waals surface area contributed by atoms with Crippen LogP contribution in [-0.4, -0.2) is 9.78 Å². The molecular formula is C15H11ClFN3O2. The third-order valence-corrected chi connectivity index (χ3v) is 3.50. The Morgan fingerprint density at radius 3 is 2.82 bits per heavy atom. The molecule has 3 aromatic rings. The molecule has 22 heavy (non-hydrogen) atoms. The maximum absolute atomic E-state index is 13.9. The van der Waals surface area contributed by atoms with Crippen molar-refractivity contribution in [3.8, 4) is 11.5 Å². The molecule has 0 fully saturated rings. The summed E-state index contributed by atoms with van der Waals surface area (Å²) in [4.78, 5) is 12.1. The van der Waals surface area contributed by atoms with Crippen molar-refractivity contribution in [3.05, 3.63) is 69.4 Å². The van der Waals surface area contributed by atoms with E-state index in [1.165, 1.54) is 24.5 Å². The zero-order valence-electron chi connectivity index (χ0n) is 11.3. The zero-order chi connectivity index (χ0) is 15.7. The molecule has 0 aliphatic carbocycles. The summed E-state index contributed by atoms with van der Waals surface area (Å²) >= 11 is 5.98. The molecule has 0 aliphatic heterocycles. The molecule has 0 unspecified atom stereocenters. The number of nitrogen functional groups attached to an aromatic ring is 1. The number of halogens is 2. The largest absolute Gasteiger partial charge is 0.463 e. The fourth-order valence-electron chi connectivity index (χ4n) is 2.05. The lowest BCUT2D eigenvalue weighted by molar-refractivity contribution is 0.559. The van der Waals surface area contributed by atoms with E-state index in [9.17, 15) is 9.18 Å². The molecular weight excluding hydrogens is 309 g/mol. The van der Waals surface area contributed by atoms with Crippen molar-refractivity contribution < 1.29 is 8.81 Å². The van der Waals surface area contributed by atoms with Crippen molar-refractivity contribution in [2.75, 3.05) is 5.73 Å². The van der Waals surface area contributed by atoms with Gasteiger partial charge in [0.2, 0.25) is 0 Å². The fourth-order valence-corrected chi connectivity index (χ4v) is 2.27. The molecule has 7 heteroatoms. The van der Waals surface area contributed by atoms with Gasteiger partial charge in [-0.05, 0) is 30.3 Å². The summed E-state index contributed by atoms with van der Waals surface area (Å²) in [5, 5.41) is 4.38. The molecule has 2 aromatic heterocycles. The summed E-state index contributed by atoms with van der Waals surface area (Å²) < 4.78 is 20.2. The van der Waals surface area contributed by atoms with Gasteiger partial charge in [0.25, 0.3) is 5.56 Å². The molecule has 3 rings (SSSR count). The van der Waals surface area contributed by atoms with Gasteiger partial charge in [-0.25, -0.2) is 9.07 Å². The van der Waals surface area contributed by atoms with Gasteiger partial charge < -0.3 is 10.2 Å². The monoisotopic (exact) mass is 319 g/mol. The molecule has 112 valence electrons. The van der Waals surface area contributed by atoms with E-state index in [4.69, 9.17) is 21.8 Å². The van der Waals surface area contributed by atoms with Gasteiger partial charge in [0.15, 0.2) is 5.76 Å². The number of nitrogens with zero attached hydrogens (tertiary/aromatic N) is 2. The second-order valence-corrected chi connectivity index (χ2v) is 5.03. The van der Waals surface area contributed by atoms with Crippen LogP contribution in [0.2, 0.25) is 5.02 Å². The number of anilines is 1. The molecule has 0 saturated carbocycles. The maximum Gasteiger partial charge on any atom is 0.290 e. The van der Waals surface area contributed by atoms with Gasteiger partial charge in [0.1, 0.15) is 17.2 Å². The first-order valence-corrected chi connectivity index (χ1v) is 6.78. The third-order valence-electron chi connectivity index (χ3n) is 3.15. The van der Waals surface area contributed by atoms with Crippen LogP contribution in [0.3, 0.4) is 0 Å². The van der Waals surface area contributed by atoms with Crippen molar-refractivity contribution in [3.63, 3.8) is 0 Å². The molecule has 1 aromatic carbocycles. The second kappa shape index (κ2) is 5.65. The first-order chi connectivity index (χ1) is 10.6. The van der Waals surface area contributed by atoms with E-state index < -0.39 is 11.4 Å². The Morgan fingerprint density at radius 1 is 1.32 bits per heavy atom. The highest BCUT2D eigenvalue weighted by atomic mass is 35.5. The van der Waals surface area contributed by atoms with Crippen LogP contribution in [-0.2, 0) is 6.54 Å². The number of rotatable bonds is 3. The highest BCUT2D eigenvalue weighted by Gasteiger charge is 2.13. The Kier molecular flexibility index (Phi) is 3.68. The average molecular weight is 320 g/mol. The van der Waals surface area contributed by atoms with Crippen molar-refractivity contribution in [2.45, 2.75) is 6.54 Å². The predicted molar refractivity (Wildman–Crippen MR) is 81.1 cm³/mol. The Labute approximate surface area is 129 Å². The first kappa shape index (κ1) is 14.3. The number of aromatic nitrogens is 2. The molecule has 2 heterocycles.